The van der Waals surface area contributed by atoms with Gasteiger partial charge in [-0.15, -0.1) is 0 Å². The van der Waals surface area contributed by atoms with E-state index < -0.39 is 5.97 Å². The maximum atomic E-state index is 10.5. The zero-order valence-electron chi connectivity index (χ0n) is 9.91. The van der Waals surface area contributed by atoms with Gasteiger partial charge in [0.05, 0.1) is 0 Å². The van der Waals surface area contributed by atoms with Gasteiger partial charge in [-0.1, -0.05) is 20.3 Å². The van der Waals surface area contributed by atoms with Crippen molar-refractivity contribution in [1.82, 2.24) is 4.90 Å². The molecule has 1 aliphatic rings. The molecule has 15 heavy (non-hydrogen) atoms. The smallest absolute Gasteiger partial charge is 0.303 e. The lowest BCUT2D eigenvalue weighted by Gasteiger charge is -2.37. The van der Waals surface area contributed by atoms with E-state index in [0.29, 0.717) is 12.3 Å². The molecule has 0 saturated carbocycles. The fourth-order valence-corrected chi connectivity index (χ4v) is 2.26. The summed E-state index contributed by atoms with van der Waals surface area (Å²) in [4.78, 5) is 12.9. The largest absolute Gasteiger partial charge is 0.481 e. The van der Waals surface area contributed by atoms with Crippen LogP contribution in [0.5, 0.6) is 0 Å². The fourth-order valence-electron chi connectivity index (χ4n) is 2.26. The second-order valence-corrected chi connectivity index (χ2v) is 4.86. The molecule has 3 nitrogen and oxygen atoms in total. The van der Waals surface area contributed by atoms with Crippen LogP contribution in [0.15, 0.2) is 0 Å². The van der Waals surface area contributed by atoms with Gasteiger partial charge in [0.25, 0.3) is 0 Å². The van der Waals surface area contributed by atoms with E-state index >= 15 is 0 Å². The zero-order chi connectivity index (χ0) is 11.3. The van der Waals surface area contributed by atoms with Gasteiger partial charge in [-0.3, -0.25) is 4.79 Å². The number of carbonyl (C=O) groups is 1. The van der Waals surface area contributed by atoms with Gasteiger partial charge in [-0.25, -0.2) is 0 Å². The lowest BCUT2D eigenvalue weighted by molar-refractivity contribution is -0.137. The highest BCUT2D eigenvalue weighted by Gasteiger charge is 2.22. The van der Waals surface area contributed by atoms with Gasteiger partial charge in [0.1, 0.15) is 0 Å². The molecule has 1 heterocycles. The molecular weight excluding hydrogens is 190 g/mol. The number of likely N-dealkylation sites (tertiary alicyclic amines) is 1. The molecular formula is C12H23NO2. The summed E-state index contributed by atoms with van der Waals surface area (Å²) in [5.74, 6) is 0.798. The summed E-state index contributed by atoms with van der Waals surface area (Å²) >= 11 is 0. The number of aliphatic carboxylic acids is 1. The van der Waals surface area contributed by atoms with Gasteiger partial charge in [0.2, 0.25) is 0 Å². The fraction of sp³-hybridized carbons (Fsp3) is 0.917. The molecule has 1 fully saturated rings. The second-order valence-electron chi connectivity index (χ2n) is 4.86. The topological polar surface area (TPSA) is 40.5 Å². The van der Waals surface area contributed by atoms with Crippen molar-refractivity contribution in [2.24, 2.45) is 11.8 Å². The maximum Gasteiger partial charge on any atom is 0.303 e. The van der Waals surface area contributed by atoms with Crippen LogP contribution in [-0.4, -0.2) is 35.6 Å². The van der Waals surface area contributed by atoms with Gasteiger partial charge in [-0.05, 0) is 31.2 Å². The molecule has 88 valence electrons. The highest BCUT2D eigenvalue weighted by atomic mass is 16.4. The van der Waals surface area contributed by atoms with Crippen molar-refractivity contribution in [3.63, 3.8) is 0 Å². The van der Waals surface area contributed by atoms with Gasteiger partial charge < -0.3 is 10.0 Å². The number of rotatable bonds is 7. The molecule has 1 N–H and O–H groups in total. The molecule has 0 aromatic carbocycles. The molecule has 0 amide bonds. The Bertz CT molecular complexity index is 200. The molecule has 3 heteroatoms. The summed E-state index contributed by atoms with van der Waals surface area (Å²) in [5, 5.41) is 8.62. The van der Waals surface area contributed by atoms with Crippen LogP contribution in [0.1, 0.15) is 39.5 Å². The summed E-state index contributed by atoms with van der Waals surface area (Å²) in [6.07, 6.45) is 3.44. The monoisotopic (exact) mass is 213 g/mol. The summed E-state index contributed by atoms with van der Waals surface area (Å²) in [5.41, 5.74) is 0. The van der Waals surface area contributed by atoms with Crippen LogP contribution in [0, 0.1) is 11.8 Å². The first-order valence-corrected chi connectivity index (χ1v) is 6.06. The Kier molecular flexibility index (Phi) is 5.09. The molecule has 1 rings (SSSR count). The summed E-state index contributed by atoms with van der Waals surface area (Å²) in [6.45, 7) is 8.05. The van der Waals surface area contributed by atoms with E-state index in [1.165, 1.54) is 13.1 Å². The van der Waals surface area contributed by atoms with Gasteiger partial charge in [0.15, 0.2) is 0 Å². The Morgan fingerprint density at radius 1 is 1.47 bits per heavy atom. The van der Waals surface area contributed by atoms with Crippen LogP contribution in [0.4, 0.5) is 0 Å². The van der Waals surface area contributed by atoms with Crippen molar-refractivity contribution >= 4 is 5.97 Å². The number of carboxylic acid groups (broad SMARTS) is 1. The number of hydrogen-bond donors (Lipinski definition) is 1. The van der Waals surface area contributed by atoms with Gasteiger partial charge >= 0.3 is 5.97 Å². The van der Waals surface area contributed by atoms with E-state index in [1.54, 1.807) is 0 Å². The standard InChI is InChI=1S/C12H23NO2/c1-3-11(4-5-12(14)15)6-7-13-8-10(2)9-13/h10-11H,3-9H2,1-2H3,(H,14,15). The van der Waals surface area contributed by atoms with E-state index in [-0.39, 0.29) is 0 Å². The van der Waals surface area contributed by atoms with Crippen molar-refractivity contribution in [2.45, 2.75) is 39.5 Å². The van der Waals surface area contributed by atoms with Gasteiger partial charge in [0, 0.05) is 19.5 Å². The SMILES string of the molecule is CCC(CCC(=O)O)CCN1CC(C)C1. The van der Waals surface area contributed by atoms with Crippen LogP contribution in [-0.2, 0) is 4.79 Å². The van der Waals surface area contributed by atoms with E-state index in [4.69, 9.17) is 5.11 Å². The minimum absolute atomic E-state index is 0.328. The van der Waals surface area contributed by atoms with E-state index in [9.17, 15) is 4.79 Å². The highest BCUT2D eigenvalue weighted by molar-refractivity contribution is 5.66. The number of nitrogens with zero attached hydrogens (tertiary/aromatic N) is 1. The van der Waals surface area contributed by atoms with Crippen LogP contribution in [0.3, 0.4) is 0 Å². The Balaban J connectivity index is 2.08. The van der Waals surface area contributed by atoms with Crippen molar-refractivity contribution in [3.8, 4) is 0 Å². The molecule has 1 atom stereocenters. The van der Waals surface area contributed by atoms with Crippen LogP contribution in [0.25, 0.3) is 0 Å². The van der Waals surface area contributed by atoms with Crippen molar-refractivity contribution in [1.29, 1.82) is 0 Å². The zero-order valence-corrected chi connectivity index (χ0v) is 9.91. The van der Waals surface area contributed by atoms with E-state index in [1.807, 2.05) is 0 Å². The first-order chi connectivity index (χ1) is 7.11. The number of hydrogen-bond acceptors (Lipinski definition) is 2. The Labute approximate surface area is 92.5 Å². The lowest BCUT2D eigenvalue weighted by Crippen LogP contribution is -2.45. The highest BCUT2D eigenvalue weighted by Crippen LogP contribution is 2.20. The minimum Gasteiger partial charge on any atom is -0.481 e. The van der Waals surface area contributed by atoms with Crippen LogP contribution in [0.2, 0.25) is 0 Å². The molecule has 0 spiro atoms. The molecule has 1 unspecified atom stereocenters. The van der Waals surface area contributed by atoms with E-state index in [0.717, 1.165) is 31.7 Å². The van der Waals surface area contributed by atoms with Crippen molar-refractivity contribution in [2.75, 3.05) is 19.6 Å². The average Bonchev–Trinajstić information content (AvgIpc) is 2.14. The first kappa shape index (κ1) is 12.5. The molecule has 0 aliphatic carbocycles. The Morgan fingerprint density at radius 2 is 2.13 bits per heavy atom. The third-order valence-corrected chi connectivity index (χ3v) is 3.34. The van der Waals surface area contributed by atoms with Crippen LogP contribution < -0.4 is 0 Å². The first-order valence-electron chi connectivity index (χ1n) is 6.06. The molecule has 0 radical (unpaired) electrons. The van der Waals surface area contributed by atoms with Crippen LogP contribution >= 0.6 is 0 Å². The molecule has 0 aromatic heterocycles. The molecule has 0 bridgehead atoms. The summed E-state index contributed by atoms with van der Waals surface area (Å²) in [7, 11) is 0. The second kappa shape index (κ2) is 6.11. The maximum absolute atomic E-state index is 10.5. The minimum atomic E-state index is -0.661. The van der Waals surface area contributed by atoms with Crippen molar-refractivity contribution < 1.29 is 9.90 Å². The average molecular weight is 213 g/mol. The summed E-state index contributed by atoms with van der Waals surface area (Å²) in [6, 6.07) is 0. The third kappa shape index (κ3) is 4.65. The van der Waals surface area contributed by atoms with Crippen molar-refractivity contribution in [3.05, 3.63) is 0 Å². The quantitative estimate of drug-likeness (QED) is 0.705. The Hall–Kier alpha value is -0.570. The summed E-state index contributed by atoms with van der Waals surface area (Å²) < 4.78 is 0. The normalized spacial score (nSPS) is 19.9. The molecule has 1 aliphatic heterocycles. The number of carboxylic acids is 1. The van der Waals surface area contributed by atoms with Gasteiger partial charge in [-0.2, -0.15) is 0 Å². The molecule has 1 saturated heterocycles. The third-order valence-electron chi connectivity index (χ3n) is 3.34. The molecule has 0 aromatic rings. The predicted octanol–water partition coefficient (Wildman–Crippen LogP) is 2.22. The Morgan fingerprint density at radius 3 is 2.60 bits per heavy atom. The van der Waals surface area contributed by atoms with E-state index in [2.05, 4.69) is 18.7 Å². The predicted molar refractivity (Wildman–Crippen MR) is 60.9 cm³/mol. The lowest BCUT2D eigenvalue weighted by atomic mass is 9.94.